The van der Waals surface area contributed by atoms with E-state index in [2.05, 4.69) is 10.3 Å². The van der Waals surface area contributed by atoms with Crippen LogP contribution in [0.15, 0.2) is 18.2 Å². The summed E-state index contributed by atoms with van der Waals surface area (Å²) in [4.78, 5) is 18.4. The molecular formula is C17H17ClN2O2S. The standard InChI is InChI=1S/C17H17ClN2O2S/c18-11-6-7-13-10(8-11)9-14(22-13)16(21)20-17-19-12-4-2-1-3-5-15(12)23-17/h6-8,14H,1-5,9H2,(H,19,20,21)/t14-/m0/s1. The first-order valence-corrected chi connectivity index (χ1v) is 9.13. The summed E-state index contributed by atoms with van der Waals surface area (Å²) in [5, 5.41) is 4.28. The van der Waals surface area contributed by atoms with E-state index in [1.54, 1.807) is 17.4 Å². The van der Waals surface area contributed by atoms with Gasteiger partial charge >= 0.3 is 0 Å². The average Bonchev–Trinajstić information content (AvgIpc) is 3.05. The predicted octanol–water partition coefficient (Wildman–Crippen LogP) is 4.01. The first kappa shape index (κ1) is 15.0. The smallest absolute Gasteiger partial charge is 0.267 e. The van der Waals surface area contributed by atoms with Gasteiger partial charge in [-0.25, -0.2) is 4.98 Å². The molecule has 4 rings (SSSR count). The largest absolute Gasteiger partial charge is 0.480 e. The number of amides is 1. The third-order valence-electron chi connectivity index (χ3n) is 4.32. The Balaban J connectivity index is 1.45. The van der Waals surface area contributed by atoms with Crippen LogP contribution in [-0.4, -0.2) is 17.0 Å². The number of carbonyl (C=O) groups excluding carboxylic acids is 1. The molecule has 1 N–H and O–H groups in total. The lowest BCUT2D eigenvalue weighted by molar-refractivity contribution is -0.122. The zero-order chi connectivity index (χ0) is 15.8. The van der Waals surface area contributed by atoms with Crippen LogP contribution < -0.4 is 10.1 Å². The molecule has 0 saturated carbocycles. The Morgan fingerprint density at radius 3 is 3.09 bits per heavy atom. The van der Waals surface area contributed by atoms with Crippen molar-refractivity contribution in [1.29, 1.82) is 0 Å². The number of ether oxygens (including phenoxy) is 1. The maximum atomic E-state index is 12.4. The zero-order valence-electron chi connectivity index (χ0n) is 12.6. The summed E-state index contributed by atoms with van der Waals surface area (Å²) in [5.41, 5.74) is 2.14. The highest BCUT2D eigenvalue weighted by Gasteiger charge is 2.30. The fourth-order valence-corrected chi connectivity index (χ4v) is 4.38. The second-order valence-electron chi connectivity index (χ2n) is 6.00. The first-order chi connectivity index (χ1) is 11.2. The van der Waals surface area contributed by atoms with Gasteiger partial charge in [-0.15, -0.1) is 11.3 Å². The van der Waals surface area contributed by atoms with Crippen molar-refractivity contribution in [3.05, 3.63) is 39.4 Å². The SMILES string of the molecule is O=C(Nc1nc2c(s1)CCCCC2)[C@@H]1Cc2cc(Cl)ccc2O1. The maximum absolute atomic E-state index is 12.4. The molecule has 4 nitrogen and oxygen atoms in total. The van der Waals surface area contributed by atoms with Crippen LogP contribution in [-0.2, 0) is 24.1 Å². The summed E-state index contributed by atoms with van der Waals surface area (Å²) in [6, 6.07) is 5.45. The number of benzene rings is 1. The third kappa shape index (κ3) is 3.08. The van der Waals surface area contributed by atoms with Crippen LogP contribution in [0.25, 0.3) is 0 Å². The van der Waals surface area contributed by atoms with Gasteiger partial charge in [-0.2, -0.15) is 0 Å². The van der Waals surface area contributed by atoms with E-state index in [0.29, 0.717) is 16.6 Å². The van der Waals surface area contributed by atoms with E-state index in [1.807, 2.05) is 12.1 Å². The van der Waals surface area contributed by atoms with Crippen molar-refractivity contribution >= 4 is 34.0 Å². The Labute approximate surface area is 143 Å². The number of aryl methyl sites for hydroxylation is 2. The summed E-state index contributed by atoms with van der Waals surface area (Å²) in [5.74, 6) is 0.603. The van der Waals surface area contributed by atoms with E-state index in [9.17, 15) is 4.79 Å². The van der Waals surface area contributed by atoms with Crippen LogP contribution in [0.4, 0.5) is 5.13 Å². The normalized spacial score (nSPS) is 19.4. The fourth-order valence-electron chi connectivity index (χ4n) is 3.13. The molecule has 1 atom stereocenters. The number of hydrogen-bond acceptors (Lipinski definition) is 4. The van der Waals surface area contributed by atoms with Crippen LogP contribution in [0.2, 0.25) is 5.02 Å². The van der Waals surface area contributed by atoms with Gasteiger partial charge in [0.2, 0.25) is 0 Å². The second kappa shape index (κ2) is 6.13. The summed E-state index contributed by atoms with van der Waals surface area (Å²) in [7, 11) is 0. The summed E-state index contributed by atoms with van der Waals surface area (Å²) < 4.78 is 5.72. The van der Waals surface area contributed by atoms with Gasteiger partial charge in [-0.1, -0.05) is 18.0 Å². The highest BCUT2D eigenvalue weighted by atomic mass is 35.5. The predicted molar refractivity (Wildman–Crippen MR) is 91.6 cm³/mol. The molecule has 23 heavy (non-hydrogen) atoms. The van der Waals surface area contributed by atoms with Crippen molar-refractivity contribution in [2.24, 2.45) is 0 Å². The minimum Gasteiger partial charge on any atom is -0.480 e. The lowest BCUT2D eigenvalue weighted by Crippen LogP contribution is -2.31. The van der Waals surface area contributed by atoms with Crippen LogP contribution in [0, 0.1) is 0 Å². The number of nitrogens with one attached hydrogen (secondary N) is 1. The van der Waals surface area contributed by atoms with Crippen LogP contribution in [0.5, 0.6) is 5.75 Å². The number of anilines is 1. The van der Waals surface area contributed by atoms with Gasteiger partial charge in [0, 0.05) is 16.3 Å². The van der Waals surface area contributed by atoms with Crippen LogP contribution in [0.1, 0.15) is 35.4 Å². The van der Waals surface area contributed by atoms with Gasteiger partial charge in [0.05, 0.1) is 5.69 Å². The van der Waals surface area contributed by atoms with Gasteiger partial charge in [0.25, 0.3) is 5.91 Å². The fraction of sp³-hybridized carbons (Fsp3) is 0.412. The molecule has 0 bridgehead atoms. The number of thiazole rings is 1. The van der Waals surface area contributed by atoms with Gasteiger partial charge in [0.1, 0.15) is 5.75 Å². The van der Waals surface area contributed by atoms with Crippen molar-refractivity contribution in [3.8, 4) is 5.75 Å². The van der Waals surface area contributed by atoms with Gasteiger partial charge in [-0.3, -0.25) is 10.1 Å². The molecule has 2 heterocycles. The Kier molecular flexibility index (Phi) is 3.99. The third-order valence-corrected chi connectivity index (χ3v) is 5.62. The van der Waals surface area contributed by atoms with Gasteiger partial charge < -0.3 is 4.74 Å². The molecular weight excluding hydrogens is 332 g/mol. The highest BCUT2D eigenvalue weighted by Crippen LogP contribution is 2.33. The Morgan fingerprint density at radius 1 is 1.30 bits per heavy atom. The monoisotopic (exact) mass is 348 g/mol. The van der Waals surface area contributed by atoms with Crippen molar-refractivity contribution in [1.82, 2.24) is 4.98 Å². The van der Waals surface area contributed by atoms with Crippen LogP contribution in [0.3, 0.4) is 0 Å². The summed E-state index contributed by atoms with van der Waals surface area (Å²) in [6.45, 7) is 0. The van der Waals surface area contributed by atoms with E-state index in [4.69, 9.17) is 16.3 Å². The van der Waals surface area contributed by atoms with E-state index < -0.39 is 6.10 Å². The molecule has 0 fully saturated rings. The van der Waals surface area contributed by atoms with Crippen LogP contribution >= 0.6 is 22.9 Å². The number of nitrogens with zero attached hydrogens (tertiary/aromatic N) is 1. The summed E-state index contributed by atoms with van der Waals surface area (Å²) in [6.07, 6.45) is 5.80. The van der Waals surface area contributed by atoms with Gasteiger partial charge in [-0.05, 0) is 49.4 Å². The Bertz CT molecular complexity index is 736. The Hall–Kier alpha value is -1.59. The molecule has 0 radical (unpaired) electrons. The molecule has 2 aliphatic rings. The quantitative estimate of drug-likeness (QED) is 0.834. The molecule has 0 unspecified atom stereocenters. The number of hydrogen-bond donors (Lipinski definition) is 1. The highest BCUT2D eigenvalue weighted by molar-refractivity contribution is 7.15. The Morgan fingerprint density at radius 2 is 2.17 bits per heavy atom. The molecule has 0 saturated heterocycles. The molecule has 0 spiro atoms. The van der Waals surface area contributed by atoms with E-state index in [0.717, 1.165) is 29.8 Å². The number of rotatable bonds is 2. The first-order valence-electron chi connectivity index (χ1n) is 7.93. The topological polar surface area (TPSA) is 51.2 Å². The summed E-state index contributed by atoms with van der Waals surface area (Å²) >= 11 is 7.59. The lowest BCUT2D eigenvalue weighted by Gasteiger charge is -2.09. The average molecular weight is 349 g/mol. The molecule has 1 aliphatic heterocycles. The van der Waals surface area contributed by atoms with E-state index >= 15 is 0 Å². The van der Waals surface area contributed by atoms with E-state index in [-0.39, 0.29) is 5.91 Å². The molecule has 1 amide bonds. The number of fused-ring (bicyclic) bond motifs is 2. The second-order valence-corrected chi connectivity index (χ2v) is 7.52. The number of carbonyl (C=O) groups is 1. The van der Waals surface area contributed by atoms with E-state index in [1.165, 1.54) is 24.1 Å². The van der Waals surface area contributed by atoms with Crippen molar-refractivity contribution in [3.63, 3.8) is 0 Å². The van der Waals surface area contributed by atoms with Crippen molar-refractivity contribution in [2.75, 3.05) is 5.32 Å². The lowest BCUT2D eigenvalue weighted by atomic mass is 10.1. The van der Waals surface area contributed by atoms with Crippen molar-refractivity contribution < 1.29 is 9.53 Å². The van der Waals surface area contributed by atoms with Gasteiger partial charge in [0.15, 0.2) is 11.2 Å². The molecule has 2 aromatic rings. The minimum atomic E-state index is -0.507. The molecule has 1 aromatic carbocycles. The number of aromatic nitrogens is 1. The molecule has 1 aromatic heterocycles. The minimum absolute atomic E-state index is 0.138. The zero-order valence-corrected chi connectivity index (χ0v) is 14.2. The maximum Gasteiger partial charge on any atom is 0.267 e. The van der Waals surface area contributed by atoms with Crippen molar-refractivity contribution in [2.45, 2.75) is 44.6 Å². The molecule has 6 heteroatoms. The molecule has 120 valence electrons. The molecule has 1 aliphatic carbocycles. The number of halogens is 1.